The lowest BCUT2D eigenvalue weighted by Crippen LogP contribution is -2.31. The Balaban J connectivity index is 1.67. The van der Waals surface area contributed by atoms with Crippen LogP contribution in [0.3, 0.4) is 0 Å². The van der Waals surface area contributed by atoms with Gasteiger partial charge in [0.15, 0.2) is 0 Å². The molecule has 5 heteroatoms. The van der Waals surface area contributed by atoms with Crippen molar-refractivity contribution in [1.82, 2.24) is 19.7 Å². The number of benzene rings is 1. The number of carbonyl (C=O) groups is 1. The molecular weight excluding hydrogens is 324 g/mol. The summed E-state index contributed by atoms with van der Waals surface area (Å²) in [6.45, 7) is 4.08. The summed E-state index contributed by atoms with van der Waals surface area (Å²) in [6, 6.07) is 12.6. The number of fused-ring (bicyclic) bond motifs is 1. The minimum absolute atomic E-state index is 0.0624. The van der Waals surface area contributed by atoms with E-state index in [9.17, 15) is 4.79 Å². The van der Waals surface area contributed by atoms with Crippen molar-refractivity contribution in [3.05, 3.63) is 70.7 Å². The van der Waals surface area contributed by atoms with Gasteiger partial charge in [0.25, 0.3) is 5.91 Å². The number of amides is 1. The molecule has 1 amide bonds. The third-order valence-corrected chi connectivity index (χ3v) is 5.31. The van der Waals surface area contributed by atoms with Crippen LogP contribution in [0.25, 0.3) is 5.82 Å². The average Bonchev–Trinajstić information content (AvgIpc) is 3.17. The Morgan fingerprint density at radius 1 is 1.15 bits per heavy atom. The van der Waals surface area contributed by atoms with Crippen molar-refractivity contribution < 1.29 is 4.79 Å². The monoisotopic (exact) mass is 348 g/mol. The Bertz CT molecular complexity index is 947. The first kappa shape index (κ1) is 16.6. The van der Waals surface area contributed by atoms with Gasteiger partial charge in [-0.05, 0) is 56.4 Å². The molecule has 2 aromatic heterocycles. The lowest BCUT2D eigenvalue weighted by molar-refractivity contribution is 0.0932. The number of rotatable bonds is 3. The van der Waals surface area contributed by atoms with E-state index in [2.05, 4.69) is 45.3 Å². The maximum atomic E-state index is 13.1. The number of hydrogen-bond acceptors (Lipinski definition) is 2. The van der Waals surface area contributed by atoms with E-state index in [1.807, 2.05) is 27.0 Å². The molecule has 1 N–H and O–H groups in total. The van der Waals surface area contributed by atoms with Gasteiger partial charge in [0.1, 0.15) is 11.4 Å². The highest BCUT2D eigenvalue weighted by atomic mass is 16.1. The molecule has 2 heterocycles. The smallest absolute Gasteiger partial charge is 0.257 e. The van der Waals surface area contributed by atoms with Crippen molar-refractivity contribution in [2.45, 2.75) is 39.2 Å². The van der Waals surface area contributed by atoms with Crippen LogP contribution in [-0.4, -0.2) is 20.3 Å². The van der Waals surface area contributed by atoms with Crippen LogP contribution in [-0.2, 0) is 13.5 Å². The highest BCUT2D eigenvalue weighted by molar-refractivity contribution is 5.97. The Morgan fingerprint density at radius 3 is 2.65 bits per heavy atom. The SMILES string of the molecule is Cc1ccc(C)n1-c1c(C(=O)NC2CCCc3ccccc32)cnn1C. The van der Waals surface area contributed by atoms with E-state index >= 15 is 0 Å². The van der Waals surface area contributed by atoms with Crippen molar-refractivity contribution in [2.24, 2.45) is 7.05 Å². The van der Waals surface area contributed by atoms with Crippen LogP contribution in [0.15, 0.2) is 42.6 Å². The van der Waals surface area contributed by atoms with Crippen LogP contribution in [0.2, 0.25) is 0 Å². The minimum Gasteiger partial charge on any atom is -0.345 e. The fraction of sp³-hybridized carbons (Fsp3) is 0.333. The standard InChI is InChI=1S/C21H24N4O/c1-14-11-12-15(2)25(14)21-18(13-22-24(21)3)20(26)23-19-10-6-8-16-7-4-5-9-17(16)19/h4-5,7,9,11-13,19H,6,8,10H2,1-3H3,(H,23,26). The summed E-state index contributed by atoms with van der Waals surface area (Å²) >= 11 is 0. The lowest BCUT2D eigenvalue weighted by Gasteiger charge is -2.26. The highest BCUT2D eigenvalue weighted by Crippen LogP contribution is 2.30. The quantitative estimate of drug-likeness (QED) is 0.786. The molecule has 0 saturated heterocycles. The van der Waals surface area contributed by atoms with Crippen molar-refractivity contribution in [2.75, 3.05) is 0 Å². The van der Waals surface area contributed by atoms with Crippen LogP contribution >= 0.6 is 0 Å². The van der Waals surface area contributed by atoms with E-state index in [0.717, 1.165) is 36.5 Å². The molecule has 1 unspecified atom stereocenters. The summed E-state index contributed by atoms with van der Waals surface area (Å²) in [5.41, 5.74) is 5.36. The van der Waals surface area contributed by atoms with Crippen molar-refractivity contribution in [3.63, 3.8) is 0 Å². The molecule has 26 heavy (non-hydrogen) atoms. The molecule has 0 bridgehead atoms. The van der Waals surface area contributed by atoms with Crippen LogP contribution in [0, 0.1) is 13.8 Å². The first-order valence-corrected chi connectivity index (χ1v) is 9.12. The van der Waals surface area contributed by atoms with E-state index < -0.39 is 0 Å². The van der Waals surface area contributed by atoms with Crippen LogP contribution in [0.5, 0.6) is 0 Å². The third kappa shape index (κ3) is 2.73. The molecule has 1 atom stereocenters. The van der Waals surface area contributed by atoms with Gasteiger partial charge in [0.05, 0.1) is 12.2 Å². The number of nitrogens with one attached hydrogen (secondary N) is 1. The molecule has 4 rings (SSSR count). The van der Waals surface area contributed by atoms with Gasteiger partial charge in [-0.2, -0.15) is 5.10 Å². The van der Waals surface area contributed by atoms with Crippen molar-refractivity contribution in [1.29, 1.82) is 0 Å². The Morgan fingerprint density at radius 2 is 1.88 bits per heavy atom. The summed E-state index contributed by atoms with van der Waals surface area (Å²) in [4.78, 5) is 13.1. The van der Waals surface area contributed by atoms with E-state index in [-0.39, 0.29) is 11.9 Å². The number of nitrogens with zero attached hydrogens (tertiary/aromatic N) is 3. The third-order valence-electron chi connectivity index (χ3n) is 5.31. The fourth-order valence-corrected chi connectivity index (χ4v) is 4.00. The Labute approximate surface area is 153 Å². The van der Waals surface area contributed by atoms with Gasteiger partial charge in [-0.3, -0.25) is 9.48 Å². The molecule has 0 saturated carbocycles. The van der Waals surface area contributed by atoms with Gasteiger partial charge in [-0.15, -0.1) is 0 Å². The van der Waals surface area contributed by atoms with E-state index in [4.69, 9.17) is 0 Å². The molecule has 0 fully saturated rings. The van der Waals surface area contributed by atoms with Crippen LogP contribution in [0.4, 0.5) is 0 Å². The predicted octanol–water partition coefficient (Wildman–Crippen LogP) is 3.64. The zero-order valence-corrected chi connectivity index (χ0v) is 15.5. The highest BCUT2D eigenvalue weighted by Gasteiger charge is 2.25. The van der Waals surface area contributed by atoms with Gasteiger partial charge in [0, 0.05) is 18.4 Å². The first-order chi connectivity index (χ1) is 12.6. The number of carbonyl (C=O) groups excluding carboxylic acids is 1. The molecular formula is C21H24N4O. The van der Waals surface area contributed by atoms with Crippen molar-refractivity contribution >= 4 is 5.91 Å². The number of hydrogen-bond donors (Lipinski definition) is 1. The second-order valence-electron chi connectivity index (χ2n) is 7.07. The second-order valence-corrected chi connectivity index (χ2v) is 7.07. The summed E-state index contributed by atoms with van der Waals surface area (Å²) in [7, 11) is 1.88. The molecule has 0 spiro atoms. The van der Waals surface area contributed by atoms with E-state index in [0.29, 0.717) is 5.56 Å². The predicted molar refractivity (Wildman–Crippen MR) is 102 cm³/mol. The van der Waals surface area contributed by atoms with Gasteiger partial charge >= 0.3 is 0 Å². The Hall–Kier alpha value is -2.82. The summed E-state index contributed by atoms with van der Waals surface area (Å²) < 4.78 is 3.85. The normalized spacial score (nSPS) is 16.3. The van der Waals surface area contributed by atoms with Crippen molar-refractivity contribution in [3.8, 4) is 5.82 Å². The zero-order chi connectivity index (χ0) is 18.3. The first-order valence-electron chi connectivity index (χ1n) is 9.12. The summed E-state index contributed by atoms with van der Waals surface area (Å²) in [6.07, 6.45) is 4.82. The fourth-order valence-electron chi connectivity index (χ4n) is 4.00. The average molecular weight is 348 g/mol. The molecule has 134 valence electrons. The summed E-state index contributed by atoms with van der Waals surface area (Å²) in [5, 5.41) is 7.59. The van der Waals surface area contributed by atoms with E-state index in [1.165, 1.54) is 11.1 Å². The van der Waals surface area contributed by atoms with Crippen LogP contribution in [0.1, 0.15) is 51.8 Å². The van der Waals surface area contributed by atoms with Gasteiger partial charge in [-0.1, -0.05) is 24.3 Å². The van der Waals surface area contributed by atoms with Gasteiger partial charge < -0.3 is 9.88 Å². The lowest BCUT2D eigenvalue weighted by atomic mass is 9.87. The maximum absolute atomic E-state index is 13.1. The van der Waals surface area contributed by atoms with Gasteiger partial charge in [0.2, 0.25) is 0 Å². The largest absolute Gasteiger partial charge is 0.345 e. The molecule has 1 aromatic carbocycles. The molecule has 1 aliphatic rings. The maximum Gasteiger partial charge on any atom is 0.257 e. The number of aromatic nitrogens is 3. The molecule has 3 aromatic rings. The molecule has 0 aliphatic heterocycles. The zero-order valence-electron chi connectivity index (χ0n) is 15.5. The Kier molecular flexibility index (Phi) is 4.15. The van der Waals surface area contributed by atoms with E-state index in [1.54, 1.807) is 10.9 Å². The molecule has 5 nitrogen and oxygen atoms in total. The topological polar surface area (TPSA) is 51.9 Å². The van der Waals surface area contributed by atoms with Gasteiger partial charge in [-0.25, -0.2) is 0 Å². The minimum atomic E-state index is -0.0673. The van der Waals surface area contributed by atoms with Crippen LogP contribution < -0.4 is 5.32 Å². The summed E-state index contributed by atoms with van der Waals surface area (Å²) in [5.74, 6) is 0.744. The molecule has 1 aliphatic carbocycles. The second kappa shape index (κ2) is 6.48. The number of aryl methyl sites for hydroxylation is 4. The molecule has 0 radical (unpaired) electrons.